The average Bonchev–Trinajstić information content (AvgIpc) is 3.00. The smallest absolute Gasteiger partial charge is 0.350 e. The number of aromatic nitrogens is 4. The van der Waals surface area contributed by atoms with Crippen LogP contribution in [0.1, 0.15) is 48.3 Å². The summed E-state index contributed by atoms with van der Waals surface area (Å²) in [5.74, 6) is -1.01. The Morgan fingerprint density at radius 3 is 2.61 bits per heavy atom. The summed E-state index contributed by atoms with van der Waals surface area (Å²) in [7, 11) is 5.57. The molecule has 1 amide bonds. The molecular weight excluding hydrogens is 589 g/mol. The Balaban J connectivity index is 1.87. The van der Waals surface area contributed by atoms with Gasteiger partial charge in [0.25, 0.3) is 0 Å². The van der Waals surface area contributed by atoms with E-state index in [9.17, 15) is 18.8 Å². The van der Waals surface area contributed by atoms with Crippen LogP contribution in [0.15, 0.2) is 54.0 Å². The molecule has 1 fully saturated rings. The van der Waals surface area contributed by atoms with E-state index in [2.05, 4.69) is 21.5 Å². The van der Waals surface area contributed by atoms with Gasteiger partial charge in [-0.15, -0.1) is 0 Å². The maximum absolute atomic E-state index is 15.3. The van der Waals surface area contributed by atoms with Gasteiger partial charge in [-0.2, -0.15) is 4.98 Å². The molecule has 0 saturated carbocycles. The van der Waals surface area contributed by atoms with Gasteiger partial charge in [0.2, 0.25) is 5.91 Å². The Morgan fingerprint density at radius 1 is 1.23 bits per heavy atom. The first kappa shape index (κ1) is 31.0. The molecule has 44 heavy (non-hydrogen) atoms. The third kappa shape index (κ3) is 5.38. The highest BCUT2D eigenvalue weighted by Gasteiger charge is 2.31. The van der Waals surface area contributed by atoms with Crippen LogP contribution in [0.3, 0.4) is 0 Å². The molecule has 0 unspecified atom stereocenters. The second-order valence-corrected chi connectivity index (χ2v) is 11.2. The van der Waals surface area contributed by atoms with Crippen LogP contribution in [0.4, 0.5) is 14.6 Å². The van der Waals surface area contributed by atoms with Gasteiger partial charge in [0.1, 0.15) is 24.0 Å². The van der Waals surface area contributed by atoms with Gasteiger partial charge in [0.05, 0.1) is 27.5 Å². The number of rotatable bonds is 7. The van der Waals surface area contributed by atoms with Crippen LogP contribution in [-0.4, -0.2) is 69.5 Å². The van der Waals surface area contributed by atoms with Gasteiger partial charge in [-0.25, -0.2) is 23.1 Å². The summed E-state index contributed by atoms with van der Waals surface area (Å²) in [6.07, 6.45) is 2.71. The highest BCUT2D eigenvalue weighted by Crippen LogP contribution is 2.37. The minimum atomic E-state index is -0.914. The van der Waals surface area contributed by atoms with Crippen molar-refractivity contribution in [2.45, 2.75) is 39.4 Å². The summed E-state index contributed by atoms with van der Waals surface area (Å²) in [5.41, 5.74) is -1.46. The fourth-order valence-corrected chi connectivity index (χ4v) is 5.82. The van der Waals surface area contributed by atoms with E-state index in [1.165, 1.54) is 36.5 Å². The van der Waals surface area contributed by atoms with Crippen molar-refractivity contribution in [2.75, 3.05) is 24.5 Å². The lowest BCUT2D eigenvalue weighted by molar-refractivity contribution is -0.126. The number of carbonyl (C=O) groups excluding carboxylic acids is 2. The van der Waals surface area contributed by atoms with Crippen LogP contribution in [0.25, 0.3) is 28.0 Å². The van der Waals surface area contributed by atoms with Crippen LogP contribution in [0.5, 0.6) is 0 Å². The third-order valence-corrected chi connectivity index (χ3v) is 7.94. The number of hydrogen-bond acceptors (Lipinski definition) is 7. The van der Waals surface area contributed by atoms with E-state index in [0.29, 0.717) is 30.7 Å². The molecule has 1 atom stereocenters. The van der Waals surface area contributed by atoms with Gasteiger partial charge < -0.3 is 14.6 Å². The first-order valence-corrected chi connectivity index (χ1v) is 14.3. The molecule has 1 aromatic carbocycles. The molecule has 13 heteroatoms. The number of piperazine rings is 1. The van der Waals surface area contributed by atoms with Crippen molar-refractivity contribution in [3.05, 3.63) is 87.3 Å². The Labute approximate surface area is 258 Å². The first-order valence-electron chi connectivity index (χ1n) is 13.9. The molecular formula is C31H28BClF2N6O3. The number of benzene rings is 1. The lowest BCUT2D eigenvalue weighted by Crippen LogP contribution is -2.54. The summed E-state index contributed by atoms with van der Waals surface area (Å²) in [5, 5.41) is 0.279. The van der Waals surface area contributed by atoms with Crippen LogP contribution in [0.2, 0.25) is 5.02 Å². The fraction of sp³-hybridized carbons (Fsp3) is 0.290. The lowest BCUT2D eigenvalue weighted by atomic mass is 9.89. The normalized spacial score (nSPS) is 15.2. The van der Waals surface area contributed by atoms with Crippen molar-refractivity contribution in [1.82, 2.24) is 24.4 Å². The summed E-state index contributed by atoms with van der Waals surface area (Å²) in [4.78, 5) is 55.6. The Morgan fingerprint density at radius 2 is 1.98 bits per heavy atom. The predicted molar refractivity (Wildman–Crippen MR) is 166 cm³/mol. The van der Waals surface area contributed by atoms with E-state index in [1.54, 1.807) is 4.90 Å². The quantitative estimate of drug-likeness (QED) is 0.218. The molecule has 1 saturated heterocycles. The van der Waals surface area contributed by atoms with E-state index in [0.717, 1.165) is 10.6 Å². The van der Waals surface area contributed by atoms with Crippen molar-refractivity contribution >= 4 is 47.9 Å². The summed E-state index contributed by atoms with van der Waals surface area (Å²) >= 11 is 6.74. The molecule has 4 aromatic rings. The number of anilines is 1. The van der Waals surface area contributed by atoms with Crippen molar-refractivity contribution in [1.29, 1.82) is 0 Å². The van der Waals surface area contributed by atoms with Crippen LogP contribution in [-0.2, 0) is 11.5 Å². The molecule has 0 spiro atoms. The van der Waals surface area contributed by atoms with Gasteiger partial charge in [0, 0.05) is 48.6 Å². The summed E-state index contributed by atoms with van der Waals surface area (Å²) in [6.45, 7) is 9.22. The van der Waals surface area contributed by atoms with E-state index >= 15 is 4.39 Å². The Bertz CT molecular complexity index is 1880. The van der Waals surface area contributed by atoms with Crippen LogP contribution in [0, 0.1) is 5.82 Å². The van der Waals surface area contributed by atoms with E-state index in [4.69, 9.17) is 19.4 Å². The molecule has 224 valence electrons. The topological polar surface area (TPSA) is 101 Å². The average molecular weight is 617 g/mol. The zero-order valence-electron chi connectivity index (χ0n) is 24.4. The minimum absolute atomic E-state index is 0.000490. The van der Waals surface area contributed by atoms with Crippen molar-refractivity contribution in [2.24, 2.45) is 0 Å². The summed E-state index contributed by atoms with van der Waals surface area (Å²) in [6, 6.07) is 6.49. The van der Waals surface area contributed by atoms with E-state index in [-0.39, 0.29) is 62.4 Å². The second-order valence-electron chi connectivity index (χ2n) is 10.8. The molecule has 5 rings (SSSR count). The highest BCUT2D eigenvalue weighted by atomic mass is 35.5. The monoisotopic (exact) mass is 616 g/mol. The van der Waals surface area contributed by atoms with Gasteiger partial charge in [0.15, 0.2) is 13.5 Å². The molecule has 4 heterocycles. The number of nitrogens with zero attached hydrogens (tertiary/aromatic N) is 6. The molecule has 0 bridgehead atoms. The predicted octanol–water partition coefficient (Wildman–Crippen LogP) is 4.76. The third-order valence-electron chi connectivity index (χ3n) is 7.65. The zero-order valence-corrected chi connectivity index (χ0v) is 25.1. The van der Waals surface area contributed by atoms with Gasteiger partial charge in [-0.1, -0.05) is 44.2 Å². The number of hydrogen-bond donors (Lipinski definition) is 0. The van der Waals surface area contributed by atoms with E-state index < -0.39 is 23.9 Å². The fourth-order valence-electron chi connectivity index (χ4n) is 5.57. The number of fused-ring (bicyclic) bond motifs is 1. The molecule has 9 nitrogen and oxygen atoms in total. The van der Waals surface area contributed by atoms with Gasteiger partial charge in [-0.3, -0.25) is 9.78 Å². The number of pyridine rings is 2. The Hall–Kier alpha value is -4.45. The van der Waals surface area contributed by atoms with Crippen LogP contribution < -0.4 is 10.6 Å². The maximum atomic E-state index is 15.3. The molecule has 1 aliphatic heterocycles. The van der Waals surface area contributed by atoms with Crippen molar-refractivity contribution in [3.63, 3.8) is 0 Å². The Kier molecular flexibility index (Phi) is 8.65. The first-order chi connectivity index (χ1) is 21.0. The lowest BCUT2D eigenvalue weighted by Gasteiger charge is -2.40. The SMILES string of the molecule is [B]C(=O)c1cccc(F)c1-c1nc2c(cc1Cl)c(N1CCN(C(=O)C=C)C[C@@H]1C)nc(=O)n2-c1c(CF)ccnc1C(C)C. The minimum Gasteiger partial charge on any atom is -0.350 e. The van der Waals surface area contributed by atoms with Gasteiger partial charge in [-0.05, 0) is 37.1 Å². The number of amides is 1. The van der Waals surface area contributed by atoms with Crippen molar-refractivity contribution in [3.8, 4) is 16.9 Å². The maximum Gasteiger partial charge on any atom is 0.355 e. The van der Waals surface area contributed by atoms with Crippen LogP contribution >= 0.6 is 11.6 Å². The molecule has 0 N–H and O–H groups in total. The largest absolute Gasteiger partial charge is 0.355 e. The number of carbonyl (C=O) groups is 2. The second kappa shape index (κ2) is 12.3. The zero-order chi connectivity index (χ0) is 31.9. The molecule has 0 aliphatic carbocycles. The van der Waals surface area contributed by atoms with Gasteiger partial charge >= 0.3 is 5.69 Å². The standard InChI is InChI=1S/C31H28BClF2N6O3/c1-5-23(42)39-11-12-40(17(4)15-39)29-20-13-21(33)26(24-19(28(32)43)7-6-8-22(24)35)37-30(20)41(31(44)38-29)27-18(14-34)9-10-36-25(27)16(2)3/h5-10,13,16-17H,1,11-12,14-15H2,2-4H3/t17-/m0/s1. The highest BCUT2D eigenvalue weighted by molar-refractivity contribution is 6.63. The van der Waals surface area contributed by atoms with E-state index in [1.807, 2.05) is 25.7 Å². The summed E-state index contributed by atoms with van der Waals surface area (Å²) < 4.78 is 30.9. The number of halogens is 3. The molecule has 3 aromatic heterocycles. The molecule has 1 aliphatic rings. The van der Waals surface area contributed by atoms with Crippen molar-refractivity contribution < 1.29 is 18.4 Å². The molecule has 2 radical (unpaired) electrons. The number of alkyl halides is 1.